The summed E-state index contributed by atoms with van der Waals surface area (Å²) in [6.07, 6.45) is 1.89. The summed E-state index contributed by atoms with van der Waals surface area (Å²) < 4.78 is 0. The molecule has 4 rings (SSSR count). The van der Waals surface area contributed by atoms with Crippen LogP contribution in [0.4, 0.5) is 5.82 Å². The predicted molar refractivity (Wildman–Crippen MR) is 127 cm³/mol. The maximum atomic E-state index is 6.15. The molecular weight excluding hydrogens is 401 g/mol. The van der Waals surface area contributed by atoms with Gasteiger partial charge >= 0.3 is 0 Å². The van der Waals surface area contributed by atoms with Crippen LogP contribution in [0.2, 0.25) is 5.02 Å². The SMILES string of the molecule is CC(C)(C)c1ccc(CN2CCN(c3nccc4cc(Cl)ccc34)CC2)cc1.Cl. The fourth-order valence-corrected chi connectivity index (χ4v) is 4.05. The largest absolute Gasteiger partial charge is 0.354 e. The van der Waals surface area contributed by atoms with E-state index in [1.165, 1.54) is 16.5 Å². The van der Waals surface area contributed by atoms with Gasteiger partial charge in [0.1, 0.15) is 5.82 Å². The minimum absolute atomic E-state index is 0. The molecule has 1 fully saturated rings. The zero-order valence-electron chi connectivity index (χ0n) is 17.4. The van der Waals surface area contributed by atoms with Crippen molar-refractivity contribution in [1.82, 2.24) is 9.88 Å². The third-order valence-corrected chi connectivity index (χ3v) is 5.84. The summed E-state index contributed by atoms with van der Waals surface area (Å²) in [5.74, 6) is 1.07. The van der Waals surface area contributed by atoms with Gasteiger partial charge in [0.2, 0.25) is 0 Å². The number of halogens is 2. The molecule has 5 heteroatoms. The van der Waals surface area contributed by atoms with Crippen molar-refractivity contribution in [2.45, 2.75) is 32.7 Å². The predicted octanol–water partition coefficient (Wildman–Crippen LogP) is 5.93. The highest BCUT2D eigenvalue weighted by atomic mass is 35.5. The Hall–Kier alpha value is -1.81. The van der Waals surface area contributed by atoms with Crippen molar-refractivity contribution in [3.05, 3.63) is 70.9 Å². The maximum absolute atomic E-state index is 6.15. The Kier molecular flexibility index (Phi) is 6.72. The molecule has 0 N–H and O–H groups in total. The van der Waals surface area contributed by atoms with Gasteiger partial charge in [0.25, 0.3) is 0 Å². The summed E-state index contributed by atoms with van der Waals surface area (Å²) in [6, 6.07) is 17.2. The number of piperazine rings is 1. The molecule has 0 spiro atoms. The van der Waals surface area contributed by atoms with Crippen molar-refractivity contribution in [2.24, 2.45) is 0 Å². The standard InChI is InChI=1S/C24H28ClN3.ClH/c1-24(2,3)20-6-4-18(5-7-20)17-27-12-14-28(15-13-27)23-22-9-8-21(25)16-19(22)10-11-26-23;/h4-11,16H,12-15,17H2,1-3H3;1H. The molecule has 3 aromatic rings. The first-order valence-electron chi connectivity index (χ1n) is 10.0. The smallest absolute Gasteiger partial charge is 0.136 e. The molecule has 0 saturated carbocycles. The zero-order chi connectivity index (χ0) is 19.7. The number of rotatable bonds is 3. The average molecular weight is 430 g/mol. The van der Waals surface area contributed by atoms with E-state index < -0.39 is 0 Å². The Morgan fingerprint density at radius 1 is 0.931 bits per heavy atom. The number of aromatic nitrogens is 1. The lowest BCUT2D eigenvalue weighted by Crippen LogP contribution is -2.46. The lowest BCUT2D eigenvalue weighted by Gasteiger charge is -2.36. The van der Waals surface area contributed by atoms with E-state index in [-0.39, 0.29) is 17.8 Å². The number of fused-ring (bicyclic) bond motifs is 1. The summed E-state index contributed by atoms with van der Waals surface area (Å²) in [6.45, 7) is 11.9. The van der Waals surface area contributed by atoms with Gasteiger partial charge in [0, 0.05) is 49.3 Å². The molecule has 1 saturated heterocycles. The molecule has 1 aliphatic heterocycles. The number of pyridine rings is 1. The van der Waals surface area contributed by atoms with Crippen LogP contribution in [0.25, 0.3) is 10.8 Å². The second-order valence-electron chi connectivity index (χ2n) is 8.71. The molecule has 0 amide bonds. The van der Waals surface area contributed by atoms with Crippen LogP contribution < -0.4 is 4.90 Å². The van der Waals surface area contributed by atoms with E-state index in [1.807, 2.05) is 24.4 Å². The van der Waals surface area contributed by atoms with Crippen LogP contribution in [0.15, 0.2) is 54.7 Å². The van der Waals surface area contributed by atoms with Crippen molar-refractivity contribution < 1.29 is 0 Å². The molecule has 0 atom stereocenters. The van der Waals surface area contributed by atoms with E-state index in [1.54, 1.807) is 0 Å². The summed E-state index contributed by atoms with van der Waals surface area (Å²) >= 11 is 6.15. The summed E-state index contributed by atoms with van der Waals surface area (Å²) in [5, 5.41) is 3.10. The third-order valence-electron chi connectivity index (χ3n) is 5.60. The van der Waals surface area contributed by atoms with Crippen LogP contribution in [-0.4, -0.2) is 36.1 Å². The van der Waals surface area contributed by atoms with Crippen molar-refractivity contribution in [2.75, 3.05) is 31.1 Å². The van der Waals surface area contributed by atoms with Crippen LogP contribution in [-0.2, 0) is 12.0 Å². The van der Waals surface area contributed by atoms with E-state index in [4.69, 9.17) is 11.6 Å². The molecule has 1 aliphatic rings. The monoisotopic (exact) mass is 429 g/mol. The third kappa shape index (κ3) is 5.03. The van der Waals surface area contributed by atoms with Crippen molar-refractivity contribution in [1.29, 1.82) is 0 Å². The zero-order valence-corrected chi connectivity index (χ0v) is 18.9. The molecule has 2 heterocycles. The Morgan fingerprint density at radius 3 is 2.28 bits per heavy atom. The minimum Gasteiger partial charge on any atom is -0.354 e. The quantitative estimate of drug-likeness (QED) is 0.514. The van der Waals surface area contributed by atoms with E-state index in [9.17, 15) is 0 Å². The fourth-order valence-electron chi connectivity index (χ4n) is 3.87. The second-order valence-corrected chi connectivity index (χ2v) is 9.15. The molecule has 0 aliphatic carbocycles. The van der Waals surface area contributed by atoms with E-state index in [0.29, 0.717) is 0 Å². The highest BCUT2D eigenvalue weighted by molar-refractivity contribution is 6.31. The number of nitrogens with zero attached hydrogens (tertiary/aromatic N) is 3. The van der Waals surface area contributed by atoms with Crippen LogP contribution in [0.1, 0.15) is 31.9 Å². The van der Waals surface area contributed by atoms with E-state index >= 15 is 0 Å². The first-order valence-corrected chi connectivity index (χ1v) is 10.4. The van der Waals surface area contributed by atoms with Gasteiger partial charge in [-0.05, 0) is 46.2 Å². The molecule has 154 valence electrons. The fraction of sp³-hybridized carbons (Fsp3) is 0.375. The van der Waals surface area contributed by atoms with E-state index in [2.05, 4.69) is 65.9 Å². The van der Waals surface area contributed by atoms with Crippen molar-refractivity contribution >= 4 is 40.6 Å². The van der Waals surface area contributed by atoms with Crippen molar-refractivity contribution in [3.63, 3.8) is 0 Å². The van der Waals surface area contributed by atoms with Gasteiger partial charge in [-0.2, -0.15) is 0 Å². The molecule has 0 bridgehead atoms. The average Bonchev–Trinajstić information content (AvgIpc) is 2.68. The Balaban J connectivity index is 0.00000240. The molecule has 1 aromatic heterocycles. The van der Waals surface area contributed by atoms with Crippen LogP contribution >= 0.6 is 24.0 Å². The Labute approximate surface area is 185 Å². The van der Waals surface area contributed by atoms with Gasteiger partial charge in [-0.3, -0.25) is 4.90 Å². The van der Waals surface area contributed by atoms with Crippen LogP contribution in [0.3, 0.4) is 0 Å². The summed E-state index contributed by atoms with van der Waals surface area (Å²) in [5.41, 5.74) is 2.99. The molecule has 29 heavy (non-hydrogen) atoms. The lowest BCUT2D eigenvalue weighted by molar-refractivity contribution is 0.249. The van der Waals surface area contributed by atoms with Crippen molar-refractivity contribution in [3.8, 4) is 0 Å². The Bertz CT molecular complexity index is 956. The first-order chi connectivity index (χ1) is 13.4. The lowest BCUT2D eigenvalue weighted by atomic mass is 9.87. The molecule has 2 aromatic carbocycles. The Morgan fingerprint density at radius 2 is 1.62 bits per heavy atom. The van der Waals surface area contributed by atoms with E-state index in [0.717, 1.165) is 49.0 Å². The number of hydrogen-bond acceptors (Lipinski definition) is 3. The normalized spacial score (nSPS) is 15.4. The first kappa shape index (κ1) is 21.9. The van der Waals surface area contributed by atoms with Crippen LogP contribution in [0.5, 0.6) is 0 Å². The molecular formula is C24H29Cl2N3. The second kappa shape index (κ2) is 8.91. The number of hydrogen-bond donors (Lipinski definition) is 0. The summed E-state index contributed by atoms with van der Waals surface area (Å²) in [7, 11) is 0. The van der Waals surface area contributed by atoms with Gasteiger partial charge in [-0.25, -0.2) is 4.98 Å². The molecule has 0 radical (unpaired) electrons. The highest BCUT2D eigenvalue weighted by Gasteiger charge is 2.20. The highest BCUT2D eigenvalue weighted by Crippen LogP contribution is 2.28. The van der Waals surface area contributed by atoms with Gasteiger partial charge in [0.15, 0.2) is 0 Å². The topological polar surface area (TPSA) is 19.4 Å². The molecule has 0 unspecified atom stereocenters. The van der Waals surface area contributed by atoms with Gasteiger partial charge < -0.3 is 4.90 Å². The number of anilines is 1. The summed E-state index contributed by atoms with van der Waals surface area (Å²) in [4.78, 5) is 9.60. The number of benzene rings is 2. The van der Waals surface area contributed by atoms with Gasteiger partial charge in [0.05, 0.1) is 0 Å². The van der Waals surface area contributed by atoms with Crippen LogP contribution in [0, 0.1) is 0 Å². The maximum Gasteiger partial charge on any atom is 0.136 e. The minimum atomic E-state index is 0. The molecule has 3 nitrogen and oxygen atoms in total. The van der Waals surface area contributed by atoms with Gasteiger partial charge in [-0.1, -0.05) is 56.6 Å². The van der Waals surface area contributed by atoms with Gasteiger partial charge in [-0.15, -0.1) is 12.4 Å².